The molecule has 2 N–H and O–H groups in total. The number of phenols is 1. The van der Waals surface area contributed by atoms with Gasteiger partial charge in [-0.3, -0.25) is 9.25 Å². The first-order valence-corrected chi connectivity index (χ1v) is 8.73. The number of imidazole rings is 1. The van der Waals surface area contributed by atoms with Gasteiger partial charge >= 0.3 is 5.69 Å². The van der Waals surface area contributed by atoms with Gasteiger partial charge in [-0.2, -0.15) is 5.10 Å². The summed E-state index contributed by atoms with van der Waals surface area (Å²) in [5.41, 5.74) is 1.99. The molecule has 0 bridgehead atoms. The van der Waals surface area contributed by atoms with Crippen LogP contribution in [-0.2, 0) is 19.5 Å². The van der Waals surface area contributed by atoms with Crippen molar-refractivity contribution in [2.45, 2.75) is 26.4 Å². The van der Waals surface area contributed by atoms with Crippen LogP contribution in [0.4, 0.5) is 0 Å². The standard InChI is InChI=1S/C19H19N5O4/c1-13-15(8-21-28-13)10-23-11-16(9-20-23)24-18(26)12-22(19(24)27)7-6-14-2-4-17(25)5-3-14/h2-5,8-9,11-12,25-26H,6-7,10H2,1H3. The van der Waals surface area contributed by atoms with Gasteiger partial charge in [0.1, 0.15) is 11.5 Å². The highest BCUT2D eigenvalue weighted by atomic mass is 16.5. The SMILES string of the molecule is Cc1oncc1Cn1cc(-n2c(O)cn(CCc3ccc(O)cc3)c2=O)cn1. The number of rotatable bonds is 6. The second kappa shape index (κ2) is 7.10. The van der Waals surface area contributed by atoms with Crippen LogP contribution in [0.2, 0.25) is 0 Å². The molecular formula is C19H19N5O4. The number of benzene rings is 1. The minimum absolute atomic E-state index is 0.156. The molecule has 0 fully saturated rings. The molecule has 0 spiro atoms. The van der Waals surface area contributed by atoms with Crippen molar-refractivity contribution in [3.8, 4) is 17.3 Å². The Kier molecular flexibility index (Phi) is 4.48. The highest BCUT2D eigenvalue weighted by molar-refractivity contribution is 5.31. The molecule has 0 atom stereocenters. The smallest absolute Gasteiger partial charge is 0.335 e. The summed E-state index contributed by atoms with van der Waals surface area (Å²) in [4.78, 5) is 12.7. The Bertz CT molecular complexity index is 1150. The third kappa shape index (κ3) is 3.41. The molecule has 4 aromatic rings. The van der Waals surface area contributed by atoms with Crippen molar-refractivity contribution in [1.82, 2.24) is 24.1 Å². The molecule has 9 nitrogen and oxygen atoms in total. The van der Waals surface area contributed by atoms with Crippen LogP contribution in [0, 0.1) is 6.92 Å². The quantitative estimate of drug-likeness (QED) is 0.527. The van der Waals surface area contributed by atoms with E-state index in [1.54, 1.807) is 41.3 Å². The summed E-state index contributed by atoms with van der Waals surface area (Å²) in [6.45, 7) is 2.67. The van der Waals surface area contributed by atoms with Crippen molar-refractivity contribution < 1.29 is 14.7 Å². The minimum Gasteiger partial charge on any atom is -0.508 e. The number of nitrogens with zero attached hydrogens (tertiary/aromatic N) is 5. The Morgan fingerprint density at radius 2 is 1.89 bits per heavy atom. The topological polar surface area (TPSA) is 111 Å². The normalized spacial score (nSPS) is 11.2. The number of aromatic nitrogens is 5. The van der Waals surface area contributed by atoms with Gasteiger partial charge in [-0.15, -0.1) is 0 Å². The first kappa shape index (κ1) is 17.7. The third-order valence-corrected chi connectivity index (χ3v) is 4.58. The van der Waals surface area contributed by atoms with Crippen molar-refractivity contribution in [3.05, 3.63) is 76.4 Å². The summed E-state index contributed by atoms with van der Waals surface area (Å²) in [6, 6.07) is 6.81. The lowest BCUT2D eigenvalue weighted by Crippen LogP contribution is -2.23. The maximum absolute atomic E-state index is 12.7. The number of aromatic hydroxyl groups is 2. The predicted octanol–water partition coefficient (Wildman–Crippen LogP) is 1.83. The average Bonchev–Trinajstić information content (AvgIpc) is 3.36. The van der Waals surface area contributed by atoms with Crippen molar-refractivity contribution >= 4 is 0 Å². The van der Waals surface area contributed by atoms with Gasteiger partial charge in [0.2, 0.25) is 5.88 Å². The van der Waals surface area contributed by atoms with E-state index in [2.05, 4.69) is 10.3 Å². The lowest BCUT2D eigenvalue weighted by Gasteiger charge is -2.02. The second-order valence-corrected chi connectivity index (χ2v) is 6.52. The molecule has 1 aromatic carbocycles. The van der Waals surface area contributed by atoms with Gasteiger partial charge in [-0.05, 0) is 31.0 Å². The molecule has 0 aliphatic carbocycles. The maximum atomic E-state index is 12.7. The van der Waals surface area contributed by atoms with Crippen molar-refractivity contribution in [2.75, 3.05) is 0 Å². The van der Waals surface area contributed by atoms with Crippen LogP contribution < -0.4 is 5.69 Å². The van der Waals surface area contributed by atoms with Crippen LogP contribution in [0.25, 0.3) is 5.69 Å². The highest BCUT2D eigenvalue weighted by Gasteiger charge is 2.14. The van der Waals surface area contributed by atoms with E-state index in [1.807, 2.05) is 6.92 Å². The molecule has 144 valence electrons. The van der Waals surface area contributed by atoms with E-state index >= 15 is 0 Å². The maximum Gasteiger partial charge on any atom is 0.335 e. The van der Waals surface area contributed by atoms with Crippen LogP contribution in [0.5, 0.6) is 11.6 Å². The van der Waals surface area contributed by atoms with E-state index in [4.69, 9.17) is 4.52 Å². The molecular weight excluding hydrogens is 362 g/mol. The van der Waals surface area contributed by atoms with Crippen molar-refractivity contribution in [3.63, 3.8) is 0 Å². The monoisotopic (exact) mass is 381 g/mol. The fourth-order valence-electron chi connectivity index (χ4n) is 2.99. The zero-order chi connectivity index (χ0) is 19.7. The molecule has 0 saturated carbocycles. The van der Waals surface area contributed by atoms with E-state index in [0.29, 0.717) is 31.0 Å². The summed E-state index contributed by atoms with van der Waals surface area (Å²) >= 11 is 0. The van der Waals surface area contributed by atoms with Crippen molar-refractivity contribution in [2.24, 2.45) is 0 Å². The van der Waals surface area contributed by atoms with E-state index < -0.39 is 0 Å². The van der Waals surface area contributed by atoms with Crippen LogP contribution in [0.3, 0.4) is 0 Å². The van der Waals surface area contributed by atoms with Crippen LogP contribution >= 0.6 is 0 Å². The summed E-state index contributed by atoms with van der Waals surface area (Å²) < 4.78 is 9.34. The third-order valence-electron chi connectivity index (χ3n) is 4.58. The number of hydrogen-bond donors (Lipinski definition) is 2. The number of aryl methyl sites for hydroxylation is 3. The largest absolute Gasteiger partial charge is 0.508 e. The van der Waals surface area contributed by atoms with Crippen LogP contribution in [0.15, 0.2) is 58.4 Å². The van der Waals surface area contributed by atoms with Gasteiger partial charge < -0.3 is 14.7 Å². The Morgan fingerprint density at radius 3 is 2.61 bits per heavy atom. The van der Waals surface area contributed by atoms with E-state index in [-0.39, 0.29) is 17.3 Å². The minimum atomic E-state index is -0.350. The van der Waals surface area contributed by atoms with E-state index in [9.17, 15) is 15.0 Å². The fourth-order valence-corrected chi connectivity index (χ4v) is 2.99. The molecule has 0 aliphatic rings. The summed E-state index contributed by atoms with van der Waals surface area (Å²) in [5, 5.41) is 27.6. The fraction of sp³-hybridized carbons (Fsp3) is 0.211. The van der Waals surface area contributed by atoms with Gasteiger partial charge in [-0.1, -0.05) is 17.3 Å². The number of hydrogen-bond acceptors (Lipinski definition) is 6. The molecule has 0 saturated heterocycles. The highest BCUT2D eigenvalue weighted by Crippen LogP contribution is 2.16. The second-order valence-electron chi connectivity index (χ2n) is 6.52. The molecule has 0 amide bonds. The van der Waals surface area contributed by atoms with Gasteiger partial charge in [0.05, 0.1) is 30.8 Å². The van der Waals surface area contributed by atoms with Crippen LogP contribution in [0.1, 0.15) is 16.9 Å². The van der Waals surface area contributed by atoms with Gasteiger partial charge in [0.25, 0.3) is 0 Å². The zero-order valence-electron chi connectivity index (χ0n) is 15.2. The summed E-state index contributed by atoms with van der Waals surface area (Å²) in [5.74, 6) is 0.747. The zero-order valence-corrected chi connectivity index (χ0v) is 15.2. The van der Waals surface area contributed by atoms with E-state index in [1.165, 1.54) is 21.5 Å². The van der Waals surface area contributed by atoms with E-state index in [0.717, 1.165) is 11.1 Å². The predicted molar refractivity (Wildman–Crippen MR) is 99.6 cm³/mol. The van der Waals surface area contributed by atoms with Crippen molar-refractivity contribution in [1.29, 1.82) is 0 Å². The van der Waals surface area contributed by atoms with Crippen LogP contribution in [-0.4, -0.2) is 34.3 Å². The Morgan fingerprint density at radius 1 is 1.11 bits per heavy atom. The summed E-state index contributed by atoms with van der Waals surface area (Å²) in [7, 11) is 0. The van der Waals surface area contributed by atoms with Gasteiger partial charge in [-0.25, -0.2) is 9.36 Å². The van der Waals surface area contributed by atoms with Gasteiger partial charge in [0, 0.05) is 18.3 Å². The lowest BCUT2D eigenvalue weighted by atomic mass is 10.1. The first-order chi connectivity index (χ1) is 13.5. The summed E-state index contributed by atoms with van der Waals surface area (Å²) in [6.07, 6.45) is 6.83. The lowest BCUT2D eigenvalue weighted by molar-refractivity contribution is 0.395. The Labute approximate surface area is 159 Å². The molecule has 0 radical (unpaired) electrons. The van der Waals surface area contributed by atoms with Gasteiger partial charge in [0.15, 0.2) is 0 Å². The number of phenolic OH excluding ortho intramolecular Hbond substituents is 1. The molecule has 0 aliphatic heterocycles. The Balaban J connectivity index is 1.53. The molecule has 9 heteroatoms. The first-order valence-electron chi connectivity index (χ1n) is 8.73. The average molecular weight is 381 g/mol. The molecule has 0 unspecified atom stereocenters. The molecule has 28 heavy (non-hydrogen) atoms. The Hall–Kier alpha value is -3.75. The molecule has 3 aromatic heterocycles. The molecule has 3 heterocycles. The molecule has 4 rings (SSSR count).